The van der Waals surface area contributed by atoms with Crippen LogP contribution in [0.5, 0.6) is 0 Å². The molecule has 0 aromatic heterocycles. The van der Waals surface area contributed by atoms with Crippen molar-refractivity contribution in [1.29, 1.82) is 0 Å². The van der Waals surface area contributed by atoms with E-state index in [1.165, 1.54) is 0 Å². The van der Waals surface area contributed by atoms with Gasteiger partial charge in [0.1, 0.15) is 0 Å². The standard InChI is InChI=1S/C13H29NO.2C2H6/c1-7-14-10-8-13(5,6)15-11-9-12(2,3)4;2*1-2/h14H,7-11H2,1-6H3;2*1-2H3. The highest BCUT2D eigenvalue weighted by molar-refractivity contribution is 4.71. The largest absolute Gasteiger partial charge is 0.376 e. The minimum absolute atomic E-state index is 0.00736. The van der Waals surface area contributed by atoms with E-state index in [1.807, 2.05) is 27.7 Å². The van der Waals surface area contributed by atoms with Gasteiger partial charge in [-0.1, -0.05) is 55.4 Å². The summed E-state index contributed by atoms with van der Waals surface area (Å²) in [7, 11) is 0. The summed E-state index contributed by atoms with van der Waals surface area (Å²) in [5, 5.41) is 3.33. The topological polar surface area (TPSA) is 21.3 Å². The van der Waals surface area contributed by atoms with Gasteiger partial charge in [0.2, 0.25) is 0 Å². The van der Waals surface area contributed by atoms with Gasteiger partial charge in [0.05, 0.1) is 5.60 Å². The number of nitrogens with one attached hydrogen (secondary N) is 1. The van der Waals surface area contributed by atoms with Crippen LogP contribution in [0.25, 0.3) is 0 Å². The quantitative estimate of drug-likeness (QED) is 0.639. The molecule has 0 heterocycles. The zero-order valence-electron chi connectivity index (χ0n) is 15.4. The van der Waals surface area contributed by atoms with Gasteiger partial charge in [-0.15, -0.1) is 0 Å². The molecule has 0 unspecified atom stereocenters. The molecule has 0 fully saturated rings. The molecule has 0 atom stereocenters. The Morgan fingerprint density at radius 1 is 0.842 bits per heavy atom. The molecular weight excluding hydrogens is 234 g/mol. The van der Waals surface area contributed by atoms with E-state index in [1.54, 1.807) is 0 Å². The lowest BCUT2D eigenvalue weighted by atomic mass is 9.93. The number of hydrogen-bond donors (Lipinski definition) is 1. The predicted octanol–water partition coefficient (Wildman–Crippen LogP) is 5.27. The van der Waals surface area contributed by atoms with Gasteiger partial charge < -0.3 is 10.1 Å². The van der Waals surface area contributed by atoms with E-state index in [2.05, 4.69) is 46.9 Å². The van der Waals surface area contributed by atoms with Crippen LogP contribution in [-0.2, 0) is 4.74 Å². The molecule has 0 amide bonds. The summed E-state index contributed by atoms with van der Waals surface area (Å²) >= 11 is 0. The highest BCUT2D eigenvalue weighted by Gasteiger charge is 2.19. The molecule has 0 aliphatic rings. The van der Waals surface area contributed by atoms with Gasteiger partial charge in [-0.2, -0.15) is 0 Å². The Morgan fingerprint density at radius 3 is 1.68 bits per heavy atom. The molecule has 0 aliphatic carbocycles. The highest BCUT2D eigenvalue weighted by Crippen LogP contribution is 2.21. The Bertz CT molecular complexity index is 159. The zero-order chi connectivity index (χ0) is 15.9. The Hall–Kier alpha value is -0.0800. The van der Waals surface area contributed by atoms with Crippen LogP contribution in [0.2, 0.25) is 0 Å². The van der Waals surface area contributed by atoms with Gasteiger partial charge >= 0.3 is 0 Å². The van der Waals surface area contributed by atoms with Crippen molar-refractivity contribution in [2.75, 3.05) is 19.7 Å². The van der Waals surface area contributed by atoms with Crippen LogP contribution in [0.3, 0.4) is 0 Å². The van der Waals surface area contributed by atoms with E-state index < -0.39 is 0 Å². The summed E-state index contributed by atoms with van der Waals surface area (Å²) < 4.78 is 5.91. The molecule has 2 heteroatoms. The fourth-order valence-corrected chi connectivity index (χ4v) is 1.27. The van der Waals surface area contributed by atoms with Crippen molar-refractivity contribution in [3.05, 3.63) is 0 Å². The Kier molecular flexibility index (Phi) is 18.1. The van der Waals surface area contributed by atoms with Crippen LogP contribution in [0.4, 0.5) is 0 Å². The SMILES string of the molecule is CC.CC.CCNCCC(C)(C)OCCC(C)(C)C. The molecule has 0 saturated carbocycles. The summed E-state index contributed by atoms with van der Waals surface area (Å²) in [5.74, 6) is 0. The molecule has 0 spiro atoms. The number of hydrogen-bond acceptors (Lipinski definition) is 2. The average Bonchev–Trinajstić information content (AvgIpc) is 2.32. The van der Waals surface area contributed by atoms with Crippen LogP contribution in [-0.4, -0.2) is 25.3 Å². The van der Waals surface area contributed by atoms with Crippen LogP contribution >= 0.6 is 0 Å². The van der Waals surface area contributed by atoms with Gasteiger partial charge in [-0.25, -0.2) is 0 Å². The lowest BCUT2D eigenvalue weighted by molar-refractivity contribution is -0.0324. The fraction of sp³-hybridized carbons (Fsp3) is 1.00. The first kappa shape index (κ1) is 24.0. The summed E-state index contributed by atoms with van der Waals surface area (Å²) in [5.41, 5.74) is 0.380. The van der Waals surface area contributed by atoms with Crippen molar-refractivity contribution < 1.29 is 4.74 Å². The molecule has 0 aromatic carbocycles. The second-order valence-corrected chi connectivity index (χ2v) is 6.02. The van der Waals surface area contributed by atoms with Gasteiger partial charge in [0.25, 0.3) is 0 Å². The maximum atomic E-state index is 5.91. The molecule has 0 aromatic rings. The maximum absolute atomic E-state index is 5.91. The van der Waals surface area contributed by atoms with Crippen LogP contribution < -0.4 is 5.32 Å². The fourth-order valence-electron chi connectivity index (χ4n) is 1.27. The van der Waals surface area contributed by atoms with Gasteiger partial charge in [0, 0.05) is 6.61 Å². The molecule has 2 nitrogen and oxygen atoms in total. The second-order valence-electron chi connectivity index (χ2n) is 6.02. The van der Waals surface area contributed by atoms with Crippen molar-refractivity contribution in [3.63, 3.8) is 0 Å². The molecule has 0 bridgehead atoms. The summed E-state index contributed by atoms with van der Waals surface area (Å²) in [6.45, 7) is 24.2. The first-order chi connectivity index (χ1) is 8.77. The van der Waals surface area contributed by atoms with Crippen molar-refractivity contribution in [1.82, 2.24) is 5.32 Å². The summed E-state index contributed by atoms with van der Waals surface area (Å²) in [6.07, 6.45) is 2.20. The third kappa shape index (κ3) is 23.4. The van der Waals surface area contributed by atoms with Crippen LogP contribution in [0.15, 0.2) is 0 Å². The molecule has 0 rings (SSSR count). The second kappa shape index (κ2) is 14.3. The third-order valence-electron chi connectivity index (χ3n) is 2.50. The normalized spacial score (nSPS) is 11.1. The van der Waals surface area contributed by atoms with E-state index in [4.69, 9.17) is 4.74 Å². The summed E-state index contributed by atoms with van der Waals surface area (Å²) in [6, 6.07) is 0. The first-order valence-electron chi connectivity index (χ1n) is 8.11. The Balaban J connectivity index is -0.000000579. The predicted molar refractivity (Wildman–Crippen MR) is 90.0 cm³/mol. The summed E-state index contributed by atoms with van der Waals surface area (Å²) in [4.78, 5) is 0. The van der Waals surface area contributed by atoms with Crippen molar-refractivity contribution >= 4 is 0 Å². The lowest BCUT2D eigenvalue weighted by Crippen LogP contribution is -2.31. The molecule has 0 saturated heterocycles. The Labute approximate surface area is 123 Å². The van der Waals surface area contributed by atoms with Gasteiger partial charge in [0.15, 0.2) is 0 Å². The van der Waals surface area contributed by atoms with E-state index in [0.717, 1.165) is 32.5 Å². The molecule has 0 aliphatic heterocycles. The van der Waals surface area contributed by atoms with E-state index in [9.17, 15) is 0 Å². The van der Waals surface area contributed by atoms with E-state index in [-0.39, 0.29) is 5.60 Å². The highest BCUT2D eigenvalue weighted by atomic mass is 16.5. The zero-order valence-corrected chi connectivity index (χ0v) is 15.4. The van der Waals surface area contributed by atoms with Crippen LogP contribution in [0.1, 0.15) is 82.1 Å². The smallest absolute Gasteiger partial charge is 0.0638 e. The van der Waals surface area contributed by atoms with Crippen molar-refractivity contribution in [2.45, 2.75) is 87.7 Å². The molecule has 1 N–H and O–H groups in total. The minimum Gasteiger partial charge on any atom is -0.376 e. The molecule has 0 radical (unpaired) electrons. The van der Waals surface area contributed by atoms with Crippen molar-refractivity contribution in [3.8, 4) is 0 Å². The Morgan fingerprint density at radius 2 is 1.32 bits per heavy atom. The number of rotatable bonds is 7. The third-order valence-corrected chi connectivity index (χ3v) is 2.50. The molecule has 19 heavy (non-hydrogen) atoms. The maximum Gasteiger partial charge on any atom is 0.0638 e. The van der Waals surface area contributed by atoms with Crippen LogP contribution in [0, 0.1) is 5.41 Å². The van der Waals surface area contributed by atoms with Crippen molar-refractivity contribution in [2.24, 2.45) is 5.41 Å². The lowest BCUT2D eigenvalue weighted by Gasteiger charge is -2.27. The molecular formula is C17H41NO. The monoisotopic (exact) mass is 275 g/mol. The van der Waals surface area contributed by atoms with Gasteiger partial charge in [-0.05, 0) is 45.2 Å². The van der Waals surface area contributed by atoms with E-state index in [0.29, 0.717) is 5.41 Å². The first-order valence-corrected chi connectivity index (χ1v) is 8.11. The molecule has 120 valence electrons. The minimum atomic E-state index is 0.00736. The average molecular weight is 276 g/mol. The number of ether oxygens (including phenoxy) is 1. The van der Waals surface area contributed by atoms with Gasteiger partial charge in [-0.3, -0.25) is 0 Å². The van der Waals surface area contributed by atoms with E-state index >= 15 is 0 Å².